The Hall–Kier alpha value is -0.120. The van der Waals surface area contributed by atoms with Gasteiger partial charge in [-0.25, -0.2) is 0 Å². The maximum absolute atomic E-state index is 5.84. The third kappa shape index (κ3) is 2.77. The van der Waals surface area contributed by atoms with Crippen LogP contribution in [0, 0.1) is 5.92 Å². The molecule has 2 N–H and O–H groups in total. The SMILES string of the molecule is CC(C)C(N)CC1OCCO1. The molecule has 11 heavy (non-hydrogen) atoms. The van der Waals surface area contributed by atoms with Crippen molar-refractivity contribution in [3.05, 3.63) is 0 Å². The highest BCUT2D eigenvalue weighted by Gasteiger charge is 2.20. The van der Waals surface area contributed by atoms with Gasteiger partial charge in [0.1, 0.15) is 0 Å². The first kappa shape index (κ1) is 8.97. The van der Waals surface area contributed by atoms with E-state index >= 15 is 0 Å². The van der Waals surface area contributed by atoms with Crippen LogP contribution in [0.25, 0.3) is 0 Å². The topological polar surface area (TPSA) is 44.5 Å². The zero-order valence-electron chi connectivity index (χ0n) is 7.25. The van der Waals surface area contributed by atoms with Crippen molar-refractivity contribution in [2.24, 2.45) is 11.7 Å². The third-order valence-corrected chi connectivity index (χ3v) is 2.01. The van der Waals surface area contributed by atoms with Gasteiger partial charge < -0.3 is 15.2 Å². The number of ether oxygens (including phenoxy) is 2. The lowest BCUT2D eigenvalue weighted by Crippen LogP contribution is -2.31. The van der Waals surface area contributed by atoms with E-state index in [1.54, 1.807) is 0 Å². The molecule has 0 aromatic carbocycles. The molecule has 1 rings (SSSR count). The quantitative estimate of drug-likeness (QED) is 0.660. The highest BCUT2D eigenvalue weighted by molar-refractivity contribution is 4.68. The second-order valence-corrected chi connectivity index (χ2v) is 3.31. The van der Waals surface area contributed by atoms with Crippen LogP contribution in [-0.4, -0.2) is 25.5 Å². The second-order valence-electron chi connectivity index (χ2n) is 3.31. The van der Waals surface area contributed by atoms with Crippen molar-refractivity contribution in [3.63, 3.8) is 0 Å². The van der Waals surface area contributed by atoms with Crippen molar-refractivity contribution in [2.75, 3.05) is 13.2 Å². The fraction of sp³-hybridized carbons (Fsp3) is 1.00. The van der Waals surface area contributed by atoms with Crippen LogP contribution in [0.15, 0.2) is 0 Å². The molecule has 0 radical (unpaired) electrons. The Bertz CT molecular complexity index is 111. The summed E-state index contributed by atoms with van der Waals surface area (Å²) in [5.74, 6) is 0.503. The van der Waals surface area contributed by atoms with Crippen molar-refractivity contribution in [2.45, 2.75) is 32.6 Å². The molecule has 3 heteroatoms. The zero-order chi connectivity index (χ0) is 8.27. The largest absolute Gasteiger partial charge is 0.350 e. The van der Waals surface area contributed by atoms with Crippen molar-refractivity contribution in [1.29, 1.82) is 0 Å². The standard InChI is InChI=1S/C8H17NO2/c1-6(2)7(9)5-8-10-3-4-11-8/h6-8H,3-5,9H2,1-2H3. The highest BCUT2D eigenvalue weighted by Crippen LogP contribution is 2.13. The van der Waals surface area contributed by atoms with E-state index in [9.17, 15) is 0 Å². The number of hydrogen-bond acceptors (Lipinski definition) is 3. The summed E-state index contributed by atoms with van der Waals surface area (Å²) in [6.07, 6.45) is 0.768. The van der Waals surface area contributed by atoms with Gasteiger partial charge in [0.25, 0.3) is 0 Å². The Kier molecular flexibility index (Phi) is 3.30. The van der Waals surface area contributed by atoms with E-state index in [1.165, 1.54) is 0 Å². The van der Waals surface area contributed by atoms with Crippen molar-refractivity contribution < 1.29 is 9.47 Å². The maximum atomic E-state index is 5.84. The fourth-order valence-corrected chi connectivity index (χ4v) is 1.04. The van der Waals surface area contributed by atoms with Crippen LogP contribution in [0.2, 0.25) is 0 Å². The fourth-order valence-electron chi connectivity index (χ4n) is 1.04. The molecule has 1 aliphatic heterocycles. The molecular formula is C8H17NO2. The molecule has 0 amide bonds. The molecule has 0 aliphatic carbocycles. The van der Waals surface area contributed by atoms with Crippen molar-refractivity contribution >= 4 is 0 Å². The third-order valence-electron chi connectivity index (χ3n) is 2.01. The van der Waals surface area contributed by atoms with Gasteiger partial charge in [0.05, 0.1) is 13.2 Å². The highest BCUT2D eigenvalue weighted by atomic mass is 16.7. The van der Waals surface area contributed by atoms with Crippen molar-refractivity contribution in [3.8, 4) is 0 Å². The molecule has 1 unspecified atom stereocenters. The molecule has 0 saturated carbocycles. The monoisotopic (exact) mass is 159 g/mol. The lowest BCUT2D eigenvalue weighted by Gasteiger charge is -2.18. The van der Waals surface area contributed by atoms with Crippen LogP contribution in [0.5, 0.6) is 0 Å². The Labute approximate surface area is 67.9 Å². The van der Waals surface area contributed by atoms with E-state index in [-0.39, 0.29) is 12.3 Å². The van der Waals surface area contributed by atoms with E-state index in [4.69, 9.17) is 15.2 Å². The predicted molar refractivity (Wildman–Crippen MR) is 43.1 cm³/mol. The summed E-state index contributed by atoms with van der Waals surface area (Å²) < 4.78 is 10.5. The minimum atomic E-state index is -0.0487. The molecule has 66 valence electrons. The molecule has 0 aromatic rings. The van der Waals surface area contributed by atoms with E-state index in [0.29, 0.717) is 5.92 Å². The maximum Gasteiger partial charge on any atom is 0.159 e. The minimum Gasteiger partial charge on any atom is -0.350 e. The Morgan fingerprint density at radius 1 is 1.36 bits per heavy atom. The van der Waals surface area contributed by atoms with Gasteiger partial charge in [0.2, 0.25) is 0 Å². The van der Waals surface area contributed by atoms with E-state index in [2.05, 4.69) is 13.8 Å². The Morgan fingerprint density at radius 2 is 1.91 bits per heavy atom. The Morgan fingerprint density at radius 3 is 2.36 bits per heavy atom. The van der Waals surface area contributed by atoms with E-state index in [0.717, 1.165) is 19.6 Å². The molecule has 1 aliphatic rings. The first-order valence-corrected chi connectivity index (χ1v) is 4.19. The molecule has 0 aromatic heterocycles. The number of nitrogens with two attached hydrogens (primary N) is 1. The summed E-state index contributed by atoms with van der Waals surface area (Å²) in [4.78, 5) is 0. The number of rotatable bonds is 3. The van der Waals surface area contributed by atoms with E-state index in [1.807, 2.05) is 0 Å². The predicted octanol–water partition coefficient (Wildman–Crippen LogP) is 0.733. The first-order valence-electron chi connectivity index (χ1n) is 4.19. The molecule has 1 heterocycles. The normalized spacial score (nSPS) is 22.9. The molecule has 1 atom stereocenters. The lowest BCUT2D eigenvalue weighted by molar-refractivity contribution is -0.0529. The summed E-state index contributed by atoms with van der Waals surface area (Å²) >= 11 is 0. The molecule has 3 nitrogen and oxygen atoms in total. The second kappa shape index (κ2) is 4.04. The summed E-state index contributed by atoms with van der Waals surface area (Å²) in [5, 5.41) is 0. The number of hydrogen-bond donors (Lipinski definition) is 1. The minimum absolute atomic E-state index is 0.0487. The molecule has 1 fully saturated rings. The Balaban J connectivity index is 2.18. The van der Waals surface area contributed by atoms with Gasteiger partial charge in [-0.05, 0) is 5.92 Å². The van der Waals surface area contributed by atoms with Crippen LogP contribution in [0.4, 0.5) is 0 Å². The first-order chi connectivity index (χ1) is 5.20. The van der Waals surface area contributed by atoms with Gasteiger partial charge in [-0.2, -0.15) is 0 Å². The average molecular weight is 159 g/mol. The van der Waals surface area contributed by atoms with Crippen molar-refractivity contribution in [1.82, 2.24) is 0 Å². The van der Waals surface area contributed by atoms with Crippen LogP contribution in [0.1, 0.15) is 20.3 Å². The zero-order valence-corrected chi connectivity index (χ0v) is 7.25. The summed E-state index contributed by atoms with van der Waals surface area (Å²) in [6, 6.07) is 0.193. The summed E-state index contributed by atoms with van der Waals surface area (Å²) in [5.41, 5.74) is 5.84. The lowest BCUT2D eigenvalue weighted by atomic mass is 10.0. The van der Waals surface area contributed by atoms with Gasteiger partial charge in [-0.1, -0.05) is 13.8 Å². The molecule has 0 spiro atoms. The van der Waals surface area contributed by atoms with Gasteiger partial charge in [-0.15, -0.1) is 0 Å². The molecular weight excluding hydrogens is 142 g/mol. The average Bonchev–Trinajstić information content (AvgIpc) is 2.39. The van der Waals surface area contributed by atoms with Gasteiger partial charge in [0, 0.05) is 12.5 Å². The van der Waals surface area contributed by atoms with Gasteiger partial charge in [0.15, 0.2) is 6.29 Å². The van der Waals surface area contributed by atoms with Gasteiger partial charge >= 0.3 is 0 Å². The van der Waals surface area contributed by atoms with Crippen LogP contribution < -0.4 is 5.73 Å². The van der Waals surface area contributed by atoms with Crippen LogP contribution in [-0.2, 0) is 9.47 Å². The van der Waals surface area contributed by atoms with Gasteiger partial charge in [-0.3, -0.25) is 0 Å². The molecule has 0 bridgehead atoms. The van der Waals surface area contributed by atoms with Crippen LogP contribution in [0.3, 0.4) is 0 Å². The smallest absolute Gasteiger partial charge is 0.159 e. The summed E-state index contributed by atoms with van der Waals surface area (Å²) in [6.45, 7) is 5.66. The molecule has 1 saturated heterocycles. The van der Waals surface area contributed by atoms with Crippen LogP contribution >= 0.6 is 0 Å². The summed E-state index contributed by atoms with van der Waals surface area (Å²) in [7, 11) is 0. The van der Waals surface area contributed by atoms with E-state index < -0.39 is 0 Å².